The summed E-state index contributed by atoms with van der Waals surface area (Å²) in [5.41, 5.74) is 5.50. The Kier molecular flexibility index (Phi) is 5.77. The lowest BCUT2D eigenvalue weighted by Crippen LogP contribution is -2.47. The zero-order chi connectivity index (χ0) is 12.8. The van der Waals surface area contributed by atoms with Crippen molar-refractivity contribution in [3.63, 3.8) is 0 Å². The van der Waals surface area contributed by atoms with E-state index < -0.39 is 5.97 Å². The molecule has 0 bridgehead atoms. The molecule has 2 atom stereocenters. The molecule has 6 heteroatoms. The van der Waals surface area contributed by atoms with Crippen molar-refractivity contribution in [2.75, 3.05) is 24.6 Å². The Hall–Kier alpha value is -0.750. The summed E-state index contributed by atoms with van der Waals surface area (Å²) >= 11 is 1.71. The molecule has 2 unspecified atom stereocenters. The number of carboxylic acid groups (broad SMARTS) is 1. The summed E-state index contributed by atoms with van der Waals surface area (Å²) in [5.74, 6) is 0.952. The second-order valence-electron chi connectivity index (χ2n) is 4.46. The molecule has 1 heterocycles. The van der Waals surface area contributed by atoms with E-state index in [4.69, 9.17) is 10.8 Å². The van der Waals surface area contributed by atoms with Crippen LogP contribution < -0.4 is 5.73 Å². The zero-order valence-corrected chi connectivity index (χ0v) is 10.9. The molecular formula is C11H20N2O3S. The average molecular weight is 260 g/mol. The fourth-order valence-corrected chi connectivity index (χ4v) is 2.91. The molecule has 0 aromatic carbocycles. The molecule has 3 N–H and O–H groups in total. The van der Waals surface area contributed by atoms with Crippen molar-refractivity contribution in [3.05, 3.63) is 0 Å². The maximum Gasteiger partial charge on any atom is 0.305 e. The predicted octanol–water partition coefficient (Wildman–Crippen LogP) is 0.390. The van der Waals surface area contributed by atoms with Crippen LogP contribution in [-0.4, -0.2) is 52.5 Å². The first-order chi connectivity index (χ1) is 8.04. The van der Waals surface area contributed by atoms with Crippen LogP contribution >= 0.6 is 11.8 Å². The number of amides is 1. The summed E-state index contributed by atoms with van der Waals surface area (Å²) in [5, 5.41) is 8.83. The number of nitrogens with zero attached hydrogens (tertiary/aromatic N) is 1. The third-order valence-corrected chi connectivity index (χ3v) is 3.98. The molecule has 0 aromatic heterocycles. The summed E-state index contributed by atoms with van der Waals surface area (Å²) in [7, 11) is 0. The van der Waals surface area contributed by atoms with E-state index in [0.717, 1.165) is 11.5 Å². The van der Waals surface area contributed by atoms with Crippen molar-refractivity contribution in [1.29, 1.82) is 0 Å². The number of carbonyl (C=O) groups is 2. The molecule has 1 saturated heterocycles. The van der Waals surface area contributed by atoms with Gasteiger partial charge < -0.3 is 15.7 Å². The van der Waals surface area contributed by atoms with Crippen LogP contribution in [0, 0.1) is 5.92 Å². The minimum absolute atomic E-state index is 0.0366. The fraction of sp³-hybridized carbons (Fsp3) is 0.818. The van der Waals surface area contributed by atoms with E-state index in [1.807, 2.05) is 6.92 Å². The van der Waals surface area contributed by atoms with E-state index in [1.54, 1.807) is 16.7 Å². The number of aliphatic carboxylic acids is 1. The number of carbonyl (C=O) groups excluding carboxylic acids is 1. The SMILES string of the molecule is CC(CN)CC(=O)N1CCSCC1CC(=O)O. The van der Waals surface area contributed by atoms with Gasteiger partial charge in [0.1, 0.15) is 0 Å². The quantitative estimate of drug-likeness (QED) is 0.747. The Labute approximate surface area is 106 Å². The maximum atomic E-state index is 12.0. The van der Waals surface area contributed by atoms with Gasteiger partial charge in [0.05, 0.1) is 12.5 Å². The van der Waals surface area contributed by atoms with Crippen LogP contribution in [0.1, 0.15) is 19.8 Å². The van der Waals surface area contributed by atoms with Crippen LogP contribution in [0.25, 0.3) is 0 Å². The first-order valence-corrected chi connectivity index (χ1v) is 6.99. The van der Waals surface area contributed by atoms with Gasteiger partial charge in [-0.3, -0.25) is 9.59 Å². The van der Waals surface area contributed by atoms with Gasteiger partial charge in [-0.05, 0) is 12.5 Å². The van der Waals surface area contributed by atoms with Gasteiger partial charge in [0.2, 0.25) is 5.91 Å². The maximum absolute atomic E-state index is 12.0. The van der Waals surface area contributed by atoms with Crippen LogP contribution in [0.15, 0.2) is 0 Å². The summed E-state index contributed by atoms with van der Waals surface area (Å²) in [4.78, 5) is 24.5. The molecule has 0 radical (unpaired) electrons. The molecule has 98 valence electrons. The molecule has 1 fully saturated rings. The lowest BCUT2D eigenvalue weighted by Gasteiger charge is -2.35. The smallest absolute Gasteiger partial charge is 0.305 e. The lowest BCUT2D eigenvalue weighted by atomic mass is 10.1. The summed E-state index contributed by atoms with van der Waals surface area (Å²) in [6.45, 7) is 3.07. The molecule has 1 rings (SSSR count). The third-order valence-electron chi connectivity index (χ3n) is 2.88. The second-order valence-corrected chi connectivity index (χ2v) is 5.61. The number of nitrogens with two attached hydrogens (primary N) is 1. The summed E-state index contributed by atoms with van der Waals surface area (Å²) < 4.78 is 0. The van der Waals surface area contributed by atoms with Gasteiger partial charge >= 0.3 is 5.97 Å². The van der Waals surface area contributed by atoms with E-state index in [9.17, 15) is 9.59 Å². The Morgan fingerprint density at radius 3 is 2.88 bits per heavy atom. The standard InChI is InChI=1S/C11H20N2O3S/c1-8(6-12)4-10(14)13-2-3-17-7-9(13)5-11(15)16/h8-9H,2-7,12H2,1H3,(H,15,16). The van der Waals surface area contributed by atoms with Gasteiger partial charge in [0.15, 0.2) is 0 Å². The van der Waals surface area contributed by atoms with Crippen molar-refractivity contribution in [2.45, 2.75) is 25.8 Å². The first-order valence-electron chi connectivity index (χ1n) is 5.83. The van der Waals surface area contributed by atoms with E-state index in [-0.39, 0.29) is 24.3 Å². The van der Waals surface area contributed by atoms with Gasteiger partial charge in [0.25, 0.3) is 0 Å². The Balaban J connectivity index is 2.57. The monoisotopic (exact) mass is 260 g/mol. The first kappa shape index (κ1) is 14.3. The third kappa shape index (κ3) is 4.55. The van der Waals surface area contributed by atoms with Crippen molar-refractivity contribution in [3.8, 4) is 0 Å². The normalized spacial score (nSPS) is 22.2. The second kappa shape index (κ2) is 6.86. The fourth-order valence-electron chi connectivity index (χ4n) is 1.85. The van der Waals surface area contributed by atoms with Crippen molar-refractivity contribution in [2.24, 2.45) is 11.7 Å². The van der Waals surface area contributed by atoms with E-state index in [0.29, 0.717) is 19.5 Å². The van der Waals surface area contributed by atoms with Crippen LogP contribution in [0.2, 0.25) is 0 Å². The topological polar surface area (TPSA) is 83.6 Å². The van der Waals surface area contributed by atoms with Gasteiger partial charge in [-0.15, -0.1) is 0 Å². The largest absolute Gasteiger partial charge is 0.481 e. The molecule has 0 spiro atoms. The minimum atomic E-state index is -0.845. The van der Waals surface area contributed by atoms with E-state index >= 15 is 0 Å². The minimum Gasteiger partial charge on any atom is -0.481 e. The van der Waals surface area contributed by atoms with Crippen molar-refractivity contribution in [1.82, 2.24) is 4.90 Å². The molecule has 17 heavy (non-hydrogen) atoms. The number of hydrogen-bond acceptors (Lipinski definition) is 4. The Morgan fingerprint density at radius 1 is 1.59 bits per heavy atom. The van der Waals surface area contributed by atoms with Crippen LogP contribution in [0.4, 0.5) is 0 Å². The van der Waals surface area contributed by atoms with Crippen molar-refractivity contribution >= 4 is 23.6 Å². The molecule has 0 saturated carbocycles. The van der Waals surface area contributed by atoms with Crippen LogP contribution in [-0.2, 0) is 9.59 Å². The van der Waals surface area contributed by atoms with Gasteiger partial charge in [-0.2, -0.15) is 11.8 Å². The summed E-state index contributed by atoms with van der Waals surface area (Å²) in [6, 6.07) is -0.163. The van der Waals surface area contributed by atoms with Crippen molar-refractivity contribution < 1.29 is 14.7 Å². The molecule has 1 aliphatic heterocycles. The highest BCUT2D eigenvalue weighted by Gasteiger charge is 2.29. The van der Waals surface area contributed by atoms with E-state index in [2.05, 4.69) is 0 Å². The lowest BCUT2D eigenvalue weighted by molar-refractivity contribution is -0.140. The predicted molar refractivity (Wildman–Crippen MR) is 67.9 cm³/mol. The van der Waals surface area contributed by atoms with Gasteiger partial charge in [-0.1, -0.05) is 6.92 Å². The molecule has 0 aromatic rings. The van der Waals surface area contributed by atoms with Gasteiger partial charge in [-0.25, -0.2) is 0 Å². The molecule has 0 aliphatic carbocycles. The molecule has 5 nitrogen and oxygen atoms in total. The highest BCUT2D eigenvalue weighted by Crippen LogP contribution is 2.20. The molecule has 1 aliphatic rings. The Morgan fingerprint density at radius 2 is 2.29 bits per heavy atom. The molecular weight excluding hydrogens is 240 g/mol. The summed E-state index contributed by atoms with van der Waals surface area (Å²) in [6.07, 6.45) is 0.451. The van der Waals surface area contributed by atoms with Gasteiger partial charge in [0, 0.05) is 24.5 Å². The average Bonchev–Trinajstić information content (AvgIpc) is 2.28. The number of carboxylic acids is 1. The zero-order valence-electron chi connectivity index (χ0n) is 10.1. The number of thioether (sulfide) groups is 1. The highest BCUT2D eigenvalue weighted by atomic mass is 32.2. The van der Waals surface area contributed by atoms with Crippen LogP contribution in [0.5, 0.6) is 0 Å². The van der Waals surface area contributed by atoms with Crippen LogP contribution in [0.3, 0.4) is 0 Å². The number of hydrogen-bond donors (Lipinski definition) is 2. The van der Waals surface area contributed by atoms with E-state index in [1.165, 1.54) is 0 Å². The molecule has 1 amide bonds. The number of rotatable bonds is 5. The highest BCUT2D eigenvalue weighted by molar-refractivity contribution is 7.99. The Bertz CT molecular complexity index is 286.